The lowest BCUT2D eigenvalue weighted by atomic mass is 9.97. The Morgan fingerprint density at radius 1 is 1.14 bits per heavy atom. The summed E-state index contributed by atoms with van der Waals surface area (Å²) in [6.45, 7) is 3.13. The maximum atomic E-state index is 12.7. The van der Waals surface area contributed by atoms with E-state index < -0.39 is 10.2 Å². The molecule has 1 atom stereocenters. The van der Waals surface area contributed by atoms with Gasteiger partial charge in [0.2, 0.25) is 0 Å². The molecule has 1 unspecified atom stereocenters. The number of piperidine rings is 2. The molecule has 2 fully saturated rings. The van der Waals surface area contributed by atoms with Crippen LogP contribution >= 0.6 is 0 Å². The second kappa shape index (κ2) is 7.37. The predicted octanol–water partition coefficient (Wildman–Crippen LogP) is 0.352. The summed E-state index contributed by atoms with van der Waals surface area (Å²) in [5.74, 6) is 0.443. The number of likely N-dealkylation sites (tertiary alicyclic amines) is 1. The number of rotatable bonds is 5. The van der Waals surface area contributed by atoms with Crippen molar-refractivity contribution in [3.63, 3.8) is 0 Å². The topological polar surface area (TPSA) is 64.1 Å². The molecule has 0 aliphatic carbocycles. The molecule has 21 heavy (non-hydrogen) atoms. The Labute approximate surface area is 128 Å². The van der Waals surface area contributed by atoms with Crippen molar-refractivity contribution in [3.05, 3.63) is 0 Å². The van der Waals surface area contributed by atoms with Crippen molar-refractivity contribution >= 4 is 10.2 Å². The summed E-state index contributed by atoms with van der Waals surface area (Å²) in [6, 6.07) is -0.247. The Bertz CT molecular complexity index is 421. The zero-order valence-corrected chi connectivity index (χ0v) is 14.1. The van der Waals surface area contributed by atoms with Gasteiger partial charge in [0, 0.05) is 26.2 Å². The Morgan fingerprint density at radius 2 is 1.81 bits per heavy atom. The number of nitrogens with zero attached hydrogens (tertiary/aromatic N) is 3. The zero-order chi connectivity index (χ0) is 15.5. The fraction of sp³-hybridized carbons (Fsp3) is 1.00. The van der Waals surface area contributed by atoms with Crippen LogP contribution < -0.4 is 0 Å². The van der Waals surface area contributed by atoms with Gasteiger partial charge in [0.25, 0.3) is 10.2 Å². The fourth-order valence-electron chi connectivity index (χ4n) is 3.34. The van der Waals surface area contributed by atoms with E-state index in [-0.39, 0.29) is 12.6 Å². The van der Waals surface area contributed by atoms with Crippen LogP contribution in [0.3, 0.4) is 0 Å². The van der Waals surface area contributed by atoms with Crippen molar-refractivity contribution in [3.8, 4) is 0 Å². The standard InChI is InChI=1S/C14H29N3O3S/c1-15-9-6-13(7-10-15)11-16(2)21(19,20)17-8-4-3-5-14(17)12-18/h13-14,18H,3-12H2,1-2H3. The van der Waals surface area contributed by atoms with Crippen molar-refractivity contribution in [2.75, 3.05) is 46.9 Å². The molecule has 2 aliphatic heterocycles. The van der Waals surface area contributed by atoms with Crippen molar-refractivity contribution in [1.29, 1.82) is 0 Å². The molecule has 0 radical (unpaired) electrons. The van der Waals surface area contributed by atoms with Crippen molar-refractivity contribution in [2.45, 2.75) is 38.1 Å². The van der Waals surface area contributed by atoms with E-state index in [1.54, 1.807) is 7.05 Å². The number of aliphatic hydroxyl groups is 1. The van der Waals surface area contributed by atoms with E-state index in [0.717, 1.165) is 45.2 Å². The minimum absolute atomic E-state index is 0.0821. The SMILES string of the molecule is CN1CCC(CN(C)S(=O)(=O)N2CCCCC2CO)CC1. The molecule has 6 nitrogen and oxygen atoms in total. The van der Waals surface area contributed by atoms with Gasteiger partial charge in [0.15, 0.2) is 0 Å². The van der Waals surface area contributed by atoms with E-state index in [4.69, 9.17) is 0 Å². The summed E-state index contributed by atoms with van der Waals surface area (Å²) in [5.41, 5.74) is 0. The summed E-state index contributed by atoms with van der Waals surface area (Å²) in [5, 5.41) is 9.43. The van der Waals surface area contributed by atoms with E-state index in [1.165, 1.54) is 8.61 Å². The molecule has 124 valence electrons. The lowest BCUT2D eigenvalue weighted by Crippen LogP contribution is -2.52. The van der Waals surface area contributed by atoms with Crippen molar-refractivity contribution in [2.24, 2.45) is 5.92 Å². The molecular formula is C14H29N3O3S. The molecule has 2 aliphatic rings. The Kier molecular flexibility index (Phi) is 6.02. The average Bonchev–Trinajstić information content (AvgIpc) is 2.49. The Balaban J connectivity index is 1.97. The van der Waals surface area contributed by atoms with Crippen LogP contribution in [0.1, 0.15) is 32.1 Å². The van der Waals surface area contributed by atoms with Crippen LogP contribution in [0.15, 0.2) is 0 Å². The van der Waals surface area contributed by atoms with Gasteiger partial charge in [0.1, 0.15) is 0 Å². The van der Waals surface area contributed by atoms with Crippen LogP contribution in [0.25, 0.3) is 0 Å². The molecule has 2 rings (SSSR count). The van der Waals surface area contributed by atoms with Crippen molar-refractivity contribution < 1.29 is 13.5 Å². The first-order valence-corrected chi connectivity index (χ1v) is 9.37. The highest BCUT2D eigenvalue weighted by molar-refractivity contribution is 7.86. The van der Waals surface area contributed by atoms with E-state index in [9.17, 15) is 13.5 Å². The minimum atomic E-state index is -3.44. The van der Waals surface area contributed by atoms with Gasteiger partial charge in [-0.1, -0.05) is 6.42 Å². The maximum Gasteiger partial charge on any atom is 0.282 e. The third-order valence-electron chi connectivity index (χ3n) is 4.83. The molecule has 0 aromatic heterocycles. The van der Waals surface area contributed by atoms with Crippen LogP contribution in [0.5, 0.6) is 0 Å². The first kappa shape index (κ1) is 17.1. The first-order valence-electron chi connectivity index (χ1n) is 7.97. The molecule has 0 aromatic carbocycles. The molecule has 0 aromatic rings. The number of hydrogen-bond acceptors (Lipinski definition) is 4. The van der Waals surface area contributed by atoms with Crippen LogP contribution in [0.2, 0.25) is 0 Å². The van der Waals surface area contributed by atoms with Crippen LogP contribution in [0, 0.1) is 5.92 Å². The van der Waals surface area contributed by atoms with E-state index in [0.29, 0.717) is 19.0 Å². The maximum absolute atomic E-state index is 12.7. The van der Waals surface area contributed by atoms with E-state index in [2.05, 4.69) is 11.9 Å². The zero-order valence-electron chi connectivity index (χ0n) is 13.2. The van der Waals surface area contributed by atoms with Crippen LogP contribution in [0.4, 0.5) is 0 Å². The number of aliphatic hydroxyl groups excluding tert-OH is 1. The van der Waals surface area contributed by atoms with Gasteiger partial charge < -0.3 is 10.0 Å². The van der Waals surface area contributed by atoms with E-state index >= 15 is 0 Å². The normalized spacial score (nSPS) is 27.3. The summed E-state index contributed by atoms with van der Waals surface area (Å²) < 4.78 is 28.4. The molecule has 0 saturated carbocycles. The van der Waals surface area contributed by atoms with Crippen molar-refractivity contribution in [1.82, 2.24) is 13.5 Å². The summed E-state index contributed by atoms with van der Waals surface area (Å²) in [4.78, 5) is 2.29. The average molecular weight is 319 g/mol. The quantitative estimate of drug-likeness (QED) is 0.794. The van der Waals surface area contributed by atoms with Gasteiger partial charge in [-0.2, -0.15) is 17.0 Å². The second-order valence-corrected chi connectivity index (χ2v) is 8.47. The molecule has 0 amide bonds. The van der Waals surface area contributed by atoms with Gasteiger partial charge in [-0.3, -0.25) is 0 Å². The second-order valence-electron chi connectivity index (χ2n) is 6.48. The molecule has 2 heterocycles. The smallest absolute Gasteiger partial charge is 0.282 e. The highest BCUT2D eigenvalue weighted by Gasteiger charge is 2.35. The van der Waals surface area contributed by atoms with Gasteiger partial charge in [0.05, 0.1) is 6.61 Å². The molecule has 0 bridgehead atoms. The lowest BCUT2D eigenvalue weighted by Gasteiger charge is -2.37. The van der Waals surface area contributed by atoms with Gasteiger partial charge in [-0.25, -0.2) is 0 Å². The number of hydrogen-bond donors (Lipinski definition) is 1. The highest BCUT2D eigenvalue weighted by atomic mass is 32.2. The summed E-state index contributed by atoms with van der Waals surface area (Å²) >= 11 is 0. The Hall–Kier alpha value is -0.210. The predicted molar refractivity (Wildman–Crippen MR) is 83.2 cm³/mol. The van der Waals surface area contributed by atoms with Crippen LogP contribution in [-0.2, 0) is 10.2 Å². The van der Waals surface area contributed by atoms with Gasteiger partial charge >= 0.3 is 0 Å². The van der Waals surface area contributed by atoms with Gasteiger partial charge in [-0.05, 0) is 51.7 Å². The summed E-state index contributed by atoms with van der Waals surface area (Å²) in [7, 11) is 0.342. The van der Waals surface area contributed by atoms with Gasteiger partial charge in [-0.15, -0.1) is 0 Å². The van der Waals surface area contributed by atoms with Crippen LogP contribution in [-0.4, -0.2) is 80.0 Å². The molecule has 0 spiro atoms. The third-order valence-corrected chi connectivity index (χ3v) is 6.84. The molecular weight excluding hydrogens is 290 g/mol. The lowest BCUT2D eigenvalue weighted by molar-refractivity contribution is 0.145. The van der Waals surface area contributed by atoms with E-state index in [1.807, 2.05) is 0 Å². The summed E-state index contributed by atoms with van der Waals surface area (Å²) in [6.07, 6.45) is 4.76. The molecule has 1 N–H and O–H groups in total. The molecule has 7 heteroatoms. The monoisotopic (exact) mass is 319 g/mol. The first-order chi connectivity index (χ1) is 9.95. The molecule has 2 saturated heterocycles. The fourth-order valence-corrected chi connectivity index (χ4v) is 5.01. The Morgan fingerprint density at radius 3 is 2.43 bits per heavy atom. The largest absolute Gasteiger partial charge is 0.395 e. The third kappa shape index (κ3) is 4.16. The minimum Gasteiger partial charge on any atom is -0.395 e. The highest BCUT2D eigenvalue weighted by Crippen LogP contribution is 2.24.